The molecule has 1 N–H and O–H groups in total. The van der Waals surface area contributed by atoms with Crippen molar-refractivity contribution in [3.05, 3.63) is 94.7 Å². The number of nitrogens with one attached hydrogen (secondary N) is 1. The van der Waals surface area contributed by atoms with Crippen LogP contribution in [-0.4, -0.2) is 28.5 Å². The Morgan fingerprint density at radius 1 is 1.32 bits per heavy atom. The molecule has 3 aromatic rings. The van der Waals surface area contributed by atoms with Gasteiger partial charge in [-0.25, -0.2) is 18.3 Å². The van der Waals surface area contributed by atoms with Crippen LogP contribution in [-0.2, 0) is 22.6 Å². The number of aliphatic imine (C=N–C) groups is 1. The number of ether oxygens (including phenoxy) is 1. The van der Waals surface area contributed by atoms with Gasteiger partial charge < -0.3 is 10.1 Å². The number of aromatic nitrogens is 3. The summed E-state index contributed by atoms with van der Waals surface area (Å²) in [6.45, 7) is 3.43. The number of halogens is 2. The molecule has 4 rings (SSSR count). The van der Waals surface area contributed by atoms with Crippen LogP contribution in [0.15, 0.2) is 77.6 Å². The standard InChI is InChI=1S/C25H25ClFN5O2/c1-3-4-11-31-12-13-32(16-31)15-21-22(25(33)34-2)23(18-9-8-17(27)14-19(18)26)30-24(29-21)20-7-5-6-10-28-20/h5-10,12-14,16,23H,3-4,11,15H2,1-2H3/p+1. The monoisotopic (exact) mass is 482 g/mol. The van der Waals surface area contributed by atoms with Gasteiger partial charge in [0, 0.05) is 16.8 Å². The van der Waals surface area contributed by atoms with Crippen LogP contribution in [0.25, 0.3) is 0 Å². The van der Waals surface area contributed by atoms with Crippen LogP contribution in [0.5, 0.6) is 0 Å². The highest BCUT2D eigenvalue weighted by molar-refractivity contribution is 6.31. The minimum atomic E-state index is -0.795. The van der Waals surface area contributed by atoms with Crippen molar-refractivity contribution in [2.45, 2.75) is 38.9 Å². The highest BCUT2D eigenvalue weighted by Gasteiger charge is 2.34. The van der Waals surface area contributed by atoms with E-state index in [0.717, 1.165) is 19.4 Å². The Morgan fingerprint density at radius 3 is 2.88 bits per heavy atom. The third-order valence-electron chi connectivity index (χ3n) is 5.55. The fourth-order valence-corrected chi connectivity index (χ4v) is 4.11. The number of pyridine rings is 1. The Labute approximate surface area is 202 Å². The van der Waals surface area contributed by atoms with E-state index in [4.69, 9.17) is 21.3 Å². The van der Waals surface area contributed by atoms with Crippen molar-refractivity contribution < 1.29 is 18.5 Å². The maximum absolute atomic E-state index is 13.8. The van der Waals surface area contributed by atoms with Gasteiger partial charge in [0.1, 0.15) is 36.5 Å². The molecule has 0 bridgehead atoms. The first kappa shape index (κ1) is 23.6. The van der Waals surface area contributed by atoms with E-state index in [0.29, 0.717) is 34.9 Å². The number of benzene rings is 1. The molecule has 0 saturated carbocycles. The lowest BCUT2D eigenvalue weighted by molar-refractivity contribution is -0.689. The van der Waals surface area contributed by atoms with Crippen molar-refractivity contribution in [3.63, 3.8) is 0 Å². The maximum Gasteiger partial charge on any atom is 0.338 e. The summed E-state index contributed by atoms with van der Waals surface area (Å²) < 4.78 is 23.0. The summed E-state index contributed by atoms with van der Waals surface area (Å²) in [5, 5.41) is 3.46. The Kier molecular flexibility index (Phi) is 7.37. The van der Waals surface area contributed by atoms with Crippen LogP contribution in [0.3, 0.4) is 0 Å². The number of allylic oxidation sites excluding steroid dienone is 1. The summed E-state index contributed by atoms with van der Waals surface area (Å²) in [6, 6.07) is 8.76. The summed E-state index contributed by atoms with van der Waals surface area (Å²) in [4.78, 5) is 22.1. The lowest BCUT2D eigenvalue weighted by atomic mass is 9.95. The van der Waals surface area contributed by atoms with Gasteiger partial charge in [0.25, 0.3) is 0 Å². The van der Waals surface area contributed by atoms with E-state index in [2.05, 4.69) is 21.8 Å². The van der Waals surface area contributed by atoms with Gasteiger partial charge in [-0.05, 0) is 30.7 Å². The fraction of sp³-hybridized carbons (Fsp3) is 0.280. The predicted octanol–water partition coefficient (Wildman–Crippen LogP) is 3.98. The zero-order chi connectivity index (χ0) is 24.1. The van der Waals surface area contributed by atoms with E-state index in [9.17, 15) is 9.18 Å². The summed E-state index contributed by atoms with van der Waals surface area (Å²) in [5.74, 6) is -0.521. The molecule has 1 atom stereocenters. The number of rotatable bonds is 8. The molecule has 1 unspecified atom stereocenters. The fourth-order valence-electron chi connectivity index (χ4n) is 3.84. The van der Waals surface area contributed by atoms with Crippen molar-refractivity contribution in [1.29, 1.82) is 0 Å². The lowest BCUT2D eigenvalue weighted by Crippen LogP contribution is -2.42. The van der Waals surface area contributed by atoms with Gasteiger partial charge in [0.05, 0.1) is 24.9 Å². The van der Waals surface area contributed by atoms with Gasteiger partial charge in [-0.3, -0.25) is 9.98 Å². The van der Waals surface area contributed by atoms with Crippen molar-refractivity contribution in [2.24, 2.45) is 4.99 Å². The average Bonchev–Trinajstić information content (AvgIpc) is 3.29. The second-order valence-electron chi connectivity index (χ2n) is 7.95. The molecule has 1 aromatic carbocycles. The Morgan fingerprint density at radius 2 is 2.18 bits per heavy atom. The molecule has 176 valence electrons. The van der Waals surface area contributed by atoms with Gasteiger partial charge in [-0.2, -0.15) is 0 Å². The lowest BCUT2D eigenvalue weighted by Gasteiger charge is -2.27. The molecule has 0 aliphatic carbocycles. The Balaban J connectivity index is 1.81. The Bertz CT molecular complexity index is 1240. The van der Waals surface area contributed by atoms with Crippen LogP contribution in [0.2, 0.25) is 5.02 Å². The summed E-state index contributed by atoms with van der Waals surface area (Å²) >= 11 is 6.40. The van der Waals surface area contributed by atoms with Crippen molar-refractivity contribution in [3.8, 4) is 0 Å². The molecule has 34 heavy (non-hydrogen) atoms. The number of methoxy groups -OCH3 is 1. The van der Waals surface area contributed by atoms with Crippen molar-refractivity contribution >= 4 is 23.4 Å². The average molecular weight is 483 g/mol. The first-order valence-electron chi connectivity index (χ1n) is 11.1. The van der Waals surface area contributed by atoms with Gasteiger partial charge in [0.2, 0.25) is 6.33 Å². The van der Waals surface area contributed by atoms with Gasteiger partial charge in [-0.15, -0.1) is 0 Å². The third-order valence-corrected chi connectivity index (χ3v) is 5.88. The highest BCUT2D eigenvalue weighted by Crippen LogP contribution is 2.36. The summed E-state index contributed by atoms with van der Waals surface area (Å²) in [7, 11) is 1.32. The number of nitrogens with zero attached hydrogens (tertiary/aromatic N) is 4. The zero-order valence-corrected chi connectivity index (χ0v) is 19.8. The van der Waals surface area contributed by atoms with Crippen molar-refractivity contribution in [2.75, 3.05) is 7.11 Å². The van der Waals surface area contributed by atoms with Crippen LogP contribution in [0.4, 0.5) is 4.39 Å². The molecular formula is C25H26ClFN5O2+. The van der Waals surface area contributed by atoms with Gasteiger partial charge in [0.15, 0.2) is 5.84 Å². The molecule has 2 aromatic heterocycles. The quantitative estimate of drug-likeness (QED) is 0.389. The number of unbranched alkanes of at least 4 members (excludes halogenated alkanes) is 1. The molecule has 0 saturated heterocycles. The molecule has 0 radical (unpaired) electrons. The Hall–Kier alpha value is -3.52. The SMILES string of the molecule is CCCCn1cc[n+](CC2=C(C(=O)OC)C(c3ccc(F)cc3Cl)N=C(c3ccccn3)N2)c1. The van der Waals surface area contributed by atoms with E-state index in [1.807, 2.05) is 41.5 Å². The number of hydrogen-bond acceptors (Lipinski definition) is 5. The minimum absolute atomic E-state index is 0.176. The predicted molar refractivity (Wildman–Crippen MR) is 127 cm³/mol. The number of carbonyl (C=O) groups excluding carboxylic acids is 1. The summed E-state index contributed by atoms with van der Waals surface area (Å²) in [5.41, 5.74) is 2.02. The normalized spacial score (nSPS) is 15.6. The van der Waals surface area contributed by atoms with E-state index in [1.165, 1.54) is 19.2 Å². The van der Waals surface area contributed by atoms with E-state index in [-0.39, 0.29) is 5.02 Å². The van der Waals surface area contributed by atoms with Gasteiger partial charge >= 0.3 is 5.97 Å². The minimum Gasteiger partial charge on any atom is -0.466 e. The second kappa shape index (κ2) is 10.6. The first-order valence-corrected chi connectivity index (χ1v) is 11.4. The smallest absolute Gasteiger partial charge is 0.338 e. The molecular weight excluding hydrogens is 457 g/mol. The number of imidazole rings is 1. The van der Waals surface area contributed by atoms with Crippen LogP contribution < -0.4 is 9.88 Å². The first-order chi connectivity index (χ1) is 16.5. The molecule has 1 aliphatic rings. The van der Waals surface area contributed by atoms with E-state index >= 15 is 0 Å². The molecule has 0 spiro atoms. The van der Waals surface area contributed by atoms with Crippen molar-refractivity contribution in [1.82, 2.24) is 14.9 Å². The number of carbonyl (C=O) groups is 1. The summed E-state index contributed by atoms with van der Waals surface area (Å²) in [6.07, 6.45) is 9.78. The van der Waals surface area contributed by atoms with Gasteiger partial charge in [-0.1, -0.05) is 37.1 Å². The molecule has 9 heteroatoms. The second-order valence-corrected chi connectivity index (χ2v) is 8.35. The third kappa shape index (κ3) is 5.17. The van der Waals surface area contributed by atoms with E-state index in [1.54, 1.807) is 12.3 Å². The van der Waals surface area contributed by atoms with Crippen LogP contribution >= 0.6 is 11.6 Å². The number of esters is 1. The van der Waals surface area contributed by atoms with E-state index < -0.39 is 17.8 Å². The number of amidine groups is 1. The molecule has 7 nitrogen and oxygen atoms in total. The molecule has 0 fully saturated rings. The highest BCUT2D eigenvalue weighted by atomic mass is 35.5. The molecule has 3 heterocycles. The zero-order valence-electron chi connectivity index (χ0n) is 19.0. The topological polar surface area (TPSA) is 72.4 Å². The van der Waals surface area contributed by atoms with Crippen LogP contribution in [0, 0.1) is 5.82 Å². The number of hydrogen-bond donors (Lipinski definition) is 1. The molecule has 0 amide bonds. The maximum atomic E-state index is 13.8. The largest absolute Gasteiger partial charge is 0.466 e. The number of aryl methyl sites for hydroxylation is 1. The molecule has 1 aliphatic heterocycles. The van der Waals surface area contributed by atoms with Crippen LogP contribution in [0.1, 0.15) is 37.1 Å².